The van der Waals surface area contributed by atoms with E-state index in [-0.39, 0.29) is 17.9 Å². The lowest BCUT2D eigenvalue weighted by molar-refractivity contribution is -0.126. The highest BCUT2D eigenvalue weighted by atomic mass is 16.1. The Labute approximate surface area is 106 Å². The third-order valence-electron chi connectivity index (χ3n) is 3.76. The van der Waals surface area contributed by atoms with E-state index in [1.54, 1.807) is 0 Å². The lowest BCUT2D eigenvalue weighted by Crippen LogP contribution is -2.43. The van der Waals surface area contributed by atoms with Gasteiger partial charge in [-0.15, -0.1) is 0 Å². The Morgan fingerprint density at radius 1 is 1.29 bits per heavy atom. The zero-order valence-corrected chi connectivity index (χ0v) is 11.2. The van der Waals surface area contributed by atoms with Crippen molar-refractivity contribution in [1.82, 2.24) is 5.32 Å². The minimum atomic E-state index is 0.186. The van der Waals surface area contributed by atoms with Crippen molar-refractivity contribution in [3.8, 4) is 0 Å². The lowest BCUT2D eigenvalue weighted by Gasteiger charge is -2.20. The van der Waals surface area contributed by atoms with Crippen LogP contribution in [0.5, 0.6) is 0 Å². The summed E-state index contributed by atoms with van der Waals surface area (Å²) in [5, 5.41) is 3.14. The van der Waals surface area contributed by atoms with Crippen molar-refractivity contribution in [2.45, 2.75) is 70.8 Å². The van der Waals surface area contributed by atoms with Crippen LogP contribution in [0.15, 0.2) is 0 Å². The van der Waals surface area contributed by atoms with E-state index in [1.807, 2.05) is 0 Å². The van der Waals surface area contributed by atoms with Crippen molar-refractivity contribution in [3.05, 3.63) is 0 Å². The number of carbonyl (C=O) groups is 1. The van der Waals surface area contributed by atoms with Crippen LogP contribution in [0, 0.1) is 5.92 Å². The summed E-state index contributed by atoms with van der Waals surface area (Å²) in [6.45, 7) is 2.74. The molecule has 1 saturated carbocycles. The molecule has 0 heterocycles. The number of unbranched alkanes of at least 4 members (excludes halogenated alkanes) is 1. The van der Waals surface area contributed by atoms with Gasteiger partial charge in [0.05, 0.1) is 0 Å². The van der Waals surface area contributed by atoms with Gasteiger partial charge in [0.2, 0.25) is 5.91 Å². The zero-order valence-electron chi connectivity index (χ0n) is 11.2. The third kappa shape index (κ3) is 5.53. The molecule has 1 amide bonds. The molecule has 0 aliphatic heterocycles. The SMILES string of the molecule is CCCCC(CN)NC(=O)C1CCCCCC1. The van der Waals surface area contributed by atoms with Crippen molar-refractivity contribution in [2.75, 3.05) is 6.54 Å². The number of carbonyl (C=O) groups excluding carboxylic acids is 1. The summed E-state index contributed by atoms with van der Waals surface area (Å²) in [6.07, 6.45) is 10.5. The smallest absolute Gasteiger partial charge is 0.223 e. The summed E-state index contributed by atoms with van der Waals surface area (Å²) in [5.41, 5.74) is 5.71. The Hall–Kier alpha value is -0.570. The molecule has 0 aromatic heterocycles. The van der Waals surface area contributed by atoms with E-state index in [1.165, 1.54) is 25.7 Å². The molecule has 1 atom stereocenters. The molecule has 0 aromatic rings. The van der Waals surface area contributed by atoms with Crippen molar-refractivity contribution in [3.63, 3.8) is 0 Å². The van der Waals surface area contributed by atoms with Gasteiger partial charge in [-0.05, 0) is 19.3 Å². The molecule has 0 saturated heterocycles. The monoisotopic (exact) mass is 240 g/mol. The summed E-state index contributed by atoms with van der Waals surface area (Å²) in [4.78, 5) is 12.1. The van der Waals surface area contributed by atoms with Crippen LogP contribution in [0.2, 0.25) is 0 Å². The number of nitrogens with two attached hydrogens (primary N) is 1. The fraction of sp³-hybridized carbons (Fsp3) is 0.929. The first kappa shape index (κ1) is 14.5. The van der Waals surface area contributed by atoms with E-state index in [0.717, 1.165) is 32.1 Å². The molecule has 0 aromatic carbocycles. The highest BCUT2D eigenvalue weighted by molar-refractivity contribution is 5.78. The van der Waals surface area contributed by atoms with Crippen molar-refractivity contribution in [2.24, 2.45) is 11.7 Å². The molecule has 3 heteroatoms. The van der Waals surface area contributed by atoms with Gasteiger partial charge in [-0.1, -0.05) is 45.4 Å². The second-order valence-electron chi connectivity index (χ2n) is 5.27. The molecule has 1 aliphatic carbocycles. The van der Waals surface area contributed by atoms with E-state index in [9.17, 15) is 4.79 Å². The van der Waals surface area contributed by atoms with E-state index in [2.05, 4.69) is 12.2 Å². The molecule has 1 fully saturated rings. The van der Waals surface area contributed by atoms with Crippen LogP contribution < -0.4 is 11.1 Å². The average molecular weight is 240 g/mol. The fourth-order valence-electron chi connectivity index (χ4n) is 2.56. The molecule has 0 bridgehead atoms. The Kier molecular flexibility index (Phi) is 7.25. The average Bonchev–Trinajstić information content (AvgIpc) is 2.63. The molecule has 1 unspecified atom stereocenters. The Balaban J connectivity index is 2.34. The molecule has 0 radical (unpaired) electrons. The first-order valence-electron chi connectivity index (χ1n) is 7.28. The van der Waals surface area contributed by atoms with Crippen LogP contribution >= 0.6 is 0 Å². The first-order valence-corrected chi connectivity index (χ1v) is 7.28. The van der Waals surface area contributed by atoms with Gasteiger partial charge in [-0.3, -0.25) is 4.79 Å². The number of nitrogens with one attached hydrogen (secondary N) is 1. The number of hydrogen-bond donors (Lipinski definition) is 2. The summed E-state index contributed by atoms with van der Waals surface area (Å²) in [5.74, 6) is 0.492. The van der Waals surface area contributed by atoms with Crippen LogP contribution in [0.25, 0.3) is 0 Å². The second kappa shape index (κ2) is 8.51. The van der Waals surface area contributed by atoms with Gasteiger partial charge in [0, 0.05) is 18.5 Å². The lowest BCUT2D eigenvalue weighted by atomic mass is 9.98. The van der Waals surface area contributed by atoms with Gasteiger partial charge in [-0.25, -0.2) is 0 Å². The predicted molar refractivity (Wildman–Crippen MR) is 71.7 cm³/mol. The van der Waals surface area contributed by atoms with Gasteiger partial charge in [0.1, 0.15) is 0 Å². The van der Waals surface area contributed by atoms with Gasteiger partial charge in [-0.2, -0.15) is 0 Å². The second-order valence-corrected chi connectivity index (χ2v) is 5.27. The predicted octanol–water partition coefficient (Wildman–Crippen LogP) is 2.59. The van der Waals surface area contributed by atoms with Gasteiger partial charge < -0.3 is 11.1 Å². The highest BCUT2D eigenvalue weighted by Crippen LogP contribution is 2.23. The quantitative estimate of drug-likeness (QED) is 0.701. The van der Waals surface area contributed by atoms with E-state index < -0.39 is 0 Å². The largest absolute Gasteiger partial charge is 0.352 e. The number of amides is 1. The molecular formula is C14H28N2O. The standard InChI is InChI=1S/C14H28N2O/c1-2-3-10-13(11-15)16-14(17)12-8-6-4-5-7-9-12/h12-13H,2-11,15H2,1H3,(H,16,17). The maximum atomic E-state index is 12.1. The van der Waals surface area contributed by atoms with Crippen LogP contribution in [-0.2, 0) is 4.79 Å². The van der Waals surface area contributed by atoms with Crippen LogP contribution in [0.4, 0.5) is 0 Å². The number of hydrogen-bond acceptors (Lipinski definition) is 2. The van der Waals surface area contributed by atoms with E-state index in [0.29, 0.717) is 6.54 Å². The summed E-state index contributed by atoms with van der Waals surface area (Å²) in [7, 11) is 0. The molecular weight excluding hydrogens is 212 g/mol. The van der Waals surface area contributed by atoms with Crippen molar-refractivity contribution >= 4 is 5.91 Å². The fourth-order valence-corrected chi connectivity index (χ4v) is 2.56. The summed E-state index contributed by atoms with van der Waals surface area (Å²) < 4.78 is 0. The first-order chi connectivity index (χ1) is 8.27. The van der Waals surface area contributed by atoms with Crippen LogP contribution in [-0.4, -0.2) is 18.5 Å². The maximum Gasteiger partial charge on any atom is 0.223 e. The van der Waals surface area contributed by atoms with Crippen molar-refractivity contribution < 1.29 is 4.79 Å². The van der Waals surface area contributed by atoms with E-state index >= 15 is 0 Å². The molecule has 3 nitrogen and oxygen atoms in total. The summed E-state index contributed by atoms with van der Waals surface area (Å²) >= 11 is 0. The van der Waals surface area contributed by atoms with Gasteiger partial charge >= 0.3 is 0 Å². The molecule has 17 heavy (non-hydrogen) atoms. The minimum absolute atomic E-state index is 0.186. The summed E-state index contributed by atoms with van der Waals surface area (Å²) in [6, 6.07) is 0.186. The minimum Gasteiger partial charge on any atom is -0.352 e. The highest BCUT2D eigenvalue weighted by Gasteiger charge is 2.21. The third-order valence-corrected chi connectivity index (χ3v) is 3.76. The normalized spacial score (nSPS) is 19.6. The van der Waals surface area contributed by atoms with Crippen LogP contribution in [0.1, 0.15) is 64.7 Å². The Morgan fingerprint density at radius 3 is 2.47 bits per heavy atom. The maximum absolute atomic E-state index is 12.1. The topological polar surface area (TPSA) is 55.1 Å². The molecule has 0 spiro atoms. The molecule has 1 aliphatic rings. The Morgan fingerprint density at radius 2 is 1.94 bits per heavy atom. The van der Waals surface area contributed by atoms with Gasteiger partial charge in [0.15, 0.2) is 0 Å². The Bertz CT molecular complexity index is 210. The number of rotatable bonds is 6. The van der Waals surface area contributed by atoms with Gasteiger partial charge in [0.25, 0.3) is 0 Å². The van der Waals surface area contributed by atoms with E-state index in [4.69, 9.17) is 5.73 Å². The zero-order chi connectivity index (χ0) is 12.5. The van der Waals surface area contributed by atoms with Crippen LogP contribution in [0.3, 0.4) is 0 Å². The molecule has 100 valence electrons. The van der Waals surface area contributed by atoms with Crippen molar-refractivity contribution in [1.29, 1.82) is 0 Å². The molecule has 1 rings (SSSR count). The molecule has 3 N–H and O–H groups in total.